The smallest absolute Gasteiger partial charge is 0.243 e. The molecule has 0 aliphatic carbocycles. The Morgan fingerprint density at radius 2 is 1.87 bits per heavy atom. The predicted octanol–water partition coefficient (Wildman–Crippen LogP) is 1.24. The minimum Gasteiger partial charge on any atom is -0.354 e. The Bertz CT molecular complexity index is 316. The highest BCUT2D eigenvalue weighted by Crippen LogP contribution is 2.09. The van der Waals surface area contributed by atoms with Crippen molar-refractivity contribution in [3.05, 3.63) is 5.28 Å². The van der Waals surface area contributed by atoms with Gasteiger partial charge >= 0.3 is 0 Å². The number of hydrazine groups is 1. The van der Waals surface area contributed by atoms with Gasteiger partial charge in [-0.15, -0.1) is 0 Å². The van der Waals surface area contributed by atoms with Crippen molar-refractivity contribution in [3.8, 4) is 0 Å². The van der Waals surface area contributed by atoms with E-state index in [2.05, 4.69) is 32.6 Å². The number of anilines is 2. The normalized spacial score (nSPS) is 10.5. The molecule has 0 atom stereocenters. The summed E-state index contributed by atoms with van der Waals surface area (Å²) in [5.41, 5.74) is 2.91. The molecule has 0 aliphatic rings. The summed E-state index contributed by atoms with van der Waals surface area (Å²) >= 11 is 5.75. The zero-order valence-corrected chi connectivity index (χ0v) is 9.84. The van der Waals surface area contributed by atoms with Crippen LogP contribution in [0, 0.1) is 0 Å². The van der Waals surface area contributed by atoms with Gasteiger partial charge < -0.3 is 5.32 Å². The van der Waals surface area contributed by atoms with Gasteiger partial charge in [0, 0.05) is 20.6 Å². The SMILES string of the molecule is CCCNc1nc(Cl)nc(NN(C)C)n1. The van der Waals surface area contributed by atoms with Crippen molar-refractivity contribution in [3.63, 3.8) is 0 Å². The summed E-state index contributed by atoms with van der Waals surface area (Å²) in [6.45, 7) is 2.87. The van der Waals surface area contributed by atoms with Gasteiger partial charge in [-0.25, -0.2) is 5.01 Å². The second-order valence-electron chi connectivity index (χ2n) is 3.18. The molecule has 1 heterocycles. The van der Waals surface area contributed by atoms with Crippen molar-refractivity contribution in [2.45, 2.75) is 13.3 Å². The van der Waals surface area contributed by atoms with Crippen LogP contribution in [0.3, 0.4) is 0 Å². The van der Waals surface area contributed by atoms with E-state index in [9.17, 15) is 0 Å². The molecule has 84 valence electrons. The van der Waals surface area contributed by atoms with Crippen LogP contribution in [0.2, 0.25) is 5.28 Å². The van der Waals surface area contributed by atoms with Crippen LogP contribution in [0.15, 0.2) is 0 Å². The first-order chi connectivity index (χ1) is 7.11. The van der Waals surface area contributed by atoms with Crippen LogP contribution < -0.4 is 10.7 Å². The number of aromatic nitrogens is 3. The molecule has 0 bridgehead atoms. The van der Waals surface area contributed by atoms with E-state index in [1.165, 1.54) is 0 Å². The molecule has 6 nitrogen and oxygen atoms in total. The molecular weight excluding hydrogens is 216 g/mol. The van der Waals surface area contributed by atoms with Gasteiger partial charge in [-0.1, -0.05) is 6.92 Å². The van der Waals surface area contributed by atoms with Crippen LogP contribution in [-0.2, 0) is 0 Å². The molecule has 1 rings (SSSR count). The lowest BCUT2D eigenvalue weighted by Gasteiger charge is -2.12. The van der Waals surface area contributed by atoms with Gasteiger partial charge in [0.2, 0.25) is 17.2 Å². The zero-order chi connectivity index (χ0) is 11.3. The lowest BCUT2D eigenvalue weighted by atomic mass is 10.5. The maximum atomic E-state index is 5.75. The lowest BCUT2D eigenvalue weighted by Crippen LogP contribution is -2.22. The third-order valence-corrected chi connectivity index (χ3v) is 1.63. The minimum absolute atomic E-state index is 0.174. The Balaban J connectivity index is 2.75. The molecule has 0 fully saturated rings. The monoisotopic (exact) mass is 230 g/mol. The van der Waals surface area contributed by atoms with E-state index in [-0.39, 0.29) is 5.28 Å². The average molecular weight is 231 g/mol. The molecule has 0 spiro atoms. The molecule has 2 N–H and O–H groups in total. The first-order valence-corrected chi connectivity index (χ1v) is 5.09. The number of rotatable bonds is 5. The molecule has 0 saturated carbocycles. The number of hydrogen-bond acceptors (Lipinski definition) is 6. The summed E-state index contributed by atoms with van der Waals surface area (Å²) in [6.07, 6.45) is 1.000. The van der Waals surface area contributed by atoms with Gasteiger partial charge in [0.1, 0.15) is 0 Å². The second-order valence-corrected chi connectivity index (χ2v) is 3.52. The van der Waals surface area contributed by atoms with Crippen LogP contribution in [0.5, 0.6) is 0 Å². The van der Waals surface area contributed by atoms with Gasteiger partial charge in [0.05, 0.1) is 0 Å². The van der Waals surface area contributed by atoms with Gasteiger partial charge in [0.25, 0.3) is 0 Å². The Hall–Kier alpha value is -1.14. The van der Waals surface area contributed by atoms with Crippen LogP contribution in [-0.4, -0.2) is 40.6 Å². The summed E-state index contributed by atoms with van der Waals surface area (Å²) in [6, 6.07) is 0. The van der Waals surface area contributed by atoms with E-state index < -0.39 is 0 Å². The summed E-state index contributed by atoms with van der Waals surface area (Å²) in [7, 11) is 3.69. The maximum absolute atomic E-state index is 5.75. The topological polar surface area (TPSA) is 66.0 Å². The molecule has 0 radical (unpaired) electrons. The molecule has 0 aliphatic heterocycles. The lowest BCUT2D eigenvalue weighted by molar-refractivity contribution is 0.488. The summed E-state index contributed by atoms with van der Waals surface area (Å²) in [5.74, 6) is 0.916. The number of hydrogen-bond donors (Lipinski definition) is 2. The van der Waals surface area contributed by atoms with E-state index in [4.69, 9.17) is 11.6 Å². The van der Waals surface area contributed by atoms with Crippen LogP contribution in [0.4, 0.5) is 11.9 Å². The van der Waals surface area contributed by atoms with Crippen molar-refractivity contribution in [1.82, 2.24) is 20.0 Å². The number of nitrogens with zero attached hydrogens (tertiary/aromatic N) is 4. The van der Waals surface area contributed by atoms with Crippen molar-refractivity contribution in [2.24, 2.45) is 0 Å². The average Bonchev–Trinajstić information content (AvgIpc) is 2.12. The van der Waals surface area contributed by atoms with Gasteiger partial charge in [-0.3, -0.25) is 5.43 Å². The first kappa shape index (κ1) is 11.9. The van der Waals surface area contributed by atoms with Gasteiger partial charge in [0.15, 0.2) is 0 Å². The standard InChI is InChI=1S/C8H15ClN6/c1-4-5-10-7-11-6(9)12-8(13-7)14-15(2)3/h4-5H2,1-3H3,(H2,10,11,12,13,14). The largest absolute Gasteiger partial charge is 0.354 e. The third kappa shape index (κ3) is 4.26. The van der Waals surface area contributed by atoms with Crippen LogP contribution >= 0.6 is 11.6 Å². The Morgan fingerprint density at radius 3 is 2.47 bits per heavy atom. The molecule has 0 saturated heterocycles. The summed E-state index contributed by atoms with van der Waals surface area (Å²) < 4.78 is 0. The quantitative estimate of drug-likeness (QED) is 0.742. The predicted molar refractivity (Wildman–Crippen MR) is 60.9 cm³/mol. The highest BCUT2D eigenvalue weighted by molar-refractivity contribution is 6.28. The second kappa shape index (κ2) is 5.67. The molecule has 1 aromatic heterocycles. The molecule has 0 unspecified atom stereocenters. The van der Waals surface area contributed by atoms with Crippen molar-refractivity contribution in [1.29, 1.82) is 0 Å². The molecule has 1 aromatic rings. The fourth-order valence-corrected chi connectivity index (χ4v) is 1.08. The van der Waals surface area contributed by atoms with Crippen LogP contribution in [0.1, 0.15) is 13.3 Å². The first-order valence-electron chi connectivity index (χ1n) is 4.71. The highest BCUT2D eigenvalue weighted by Gasteiger charge is 2.04. The van der Waals surface area contributed by atoms with E-state index in [0.717, 1.165) is 13.0 Å². The van der Waals surface area contributed by atoms with E-state index >= 15 is 0 Å². The number of nitrogens with one attached hydrogen (secondary N) is 2. The summed E-state index contributed by atoms with van der Waals surface area (Å²) in [4.78, 5) is 12.0. The maximum Gasteiger partial charge on any atom is 0.243 e. The number of halogens is 1. The van der Waals surface area contributed by atoms with Crippen LogP contribution in [0.25, 0.3) is 0 Å². The van der Waals surface area contributed by atoms with E-state index in [1.54, 1.807) is 5.01 Å². The molecule has 0 amide bonds. The van der Waals surface area contributed by atoms with Gasteiger partial charge in [-0.05, 0) is 18.0 Å². The van der Waals surface area contributed by atoms with Crippen molar-refractivity contribution >= 4 is 23.5 Å². The Morgan fingerprint density at radius 1 is 1.20 bits per heavy atom. The zero-order valence-electron chi connectivity index (χ0n) is 9.08. The Kier molecular flexibility index (Phi) is 4.51. The molecule has 7 heteroatoms. The van der Waals surface area contributed by atoms with Crippen molar-refractivity contribution in [2.75, 3.05) is 31.4 Å². The van der Waals surface area contributed by atoms with Crippen molar-refractivity contribution < 1.29 is 0 Å². The van der Waals surface area contributed by atoms with E-state index in [1.807, 2.05) is 14.1 Å². The molecule has 0 aromatic carbocycles. The third-order valence-electron chi connectivity index (χ3n) is 1.46. The highest BCUT2D eigenvalue weighted by atomic mass is 35.5. The Labute approximate surface area is 94.0 Å². The molecular formula is C8H15ClN6. The van der Waals surface area contributed by atoms with E-state index in [0.29, 0.717) is 11.9 Å². The van der Waals surface area contributed by atoms with Gasteiger partial charge in [-0.2, -0.15) is 15.0 Å². The fraction of sp³-hybridized carbons (Fsp3) is 0.625. The molecule has 15 heavy (non-hydrogen) atoms. The summed E-state index contributed by atoms with van der Waals surface area (Å²) in [5, 5.41) is 4.95. The fourth-order valence-electron chi connectivity index (χ4n) is 0.916. The minimum atomic E-state index is 0.174.